The van der Waals surface area contributed by atoms with Gasteiger partial charge in [-0.2, -0.15) is 0 Å². The lowest BCUT2D eigenvalue weighted by atomic mass is 10.1. The van der Waals surface area contributed by atoms with Crippen LogP contribution >= 0.6 is 0 Å². The molecule has 0 saturated carbocycles. The lowest BCUT2D eigenvalue weighted by Gasteiger charge is -2.21. The van der Waals surface area contributed by atoms with E-state index in [9.17, 15) is 4.21 Å². The van der Waals surface area contributed by atoms with Crippen molar-refractivity contribution in [2.24, 2.45) is 5.92 Å². The molecule has 24 heavy (non-hydrogen) atoms. The van der Waals surface area contributed by atoms with Crippen molar-refractivity contribution in [1.29, 1.82) is 0 Å². The third-order valence-electron chi connectivity index (χ3n) is 3.17. The summed E-state index contributed by atoms with van der Waals surface area (Å²) < 4.78 is 14.4. The van der Waals surface area contributed by atoms with Crippen molar-refractivity contribution in [3.8, 4) is 0 Å². The van der Waals surface area contributed by atoms with Gasteiger partial charge in [0.05, 0.1) is 10.6 Å². The molecule has 0 aliphatic carbocycles. The van der Waals surface area contributed by atoms with Gasteiger partial charge in [0.1, 0.15) is 0 Å². The van der Waals surface area contributed by atoms with Crippen LogP contribution in [0.1, 0.15) is 38.8 Å². The Labute approximate surface area is 149 Å². The van der Waals surface area contributed by atoms with Gasteiger partial charge in [0.25, 0.3) is 0 Å². The molecular weight excluding hydrogens is 314 g/mol. The van der Waals surface area contributed by atoms with Crippen molar-refractivity contribution >= 4 is 22.2 Å². The first-order chi connectivity index (χ1) is 11.2. The molecule has 130 valence electrons. The average molecular weight is 344 g/mol. The van der Waals surface area contributed by atoms with E-state index in [4.69, 9.17) is 0 Å². The van der Waals surface area contributed by atoms with Gasteiger partial charge in [-0.25, -0.2) is 4.21 Å². The summed E-state index contributed by atoms with van der Waals surface area (Å²) in [5.41, 5.74) is 4.08. The van der Waals surface area contributed by atoms with E-state index < -0.39 is 11.0 Å². The van der Waals surface area contributed by atoms with Crippen LogP contribution in [0.15, 0.2) is 60.0 Å². The second-order valence-electron chi connectivity index (χ2n) is 6.59. The molecule has 0 aromatic heterocycles. The Morgan fingerprint density at radius 3 is 2.04 bits per heavy atom. The second kappa shape index (κ2) is 9.43. The highest BCUT2D eigenvalue weighted by molar-refractivity contribution is 7.86. The fraction of sp³-hybridized carbons (Fsp3) is 0.333. The molecule has 0 aliphatic rings. The third-order valence-corrected chi connectivity index (χ3v) is 4.54. The van der Waals surface area contributed by atoms with Crippen molar-refractivity contribution in [1.82, 2.24) is 0 Å². The van der Waals surface area contributed by atoms with Crippen molar-refractivity contribution in [3.05, 3.63) is 66.2 Å². The minimum absolute atomic E-state index is 0.801. The van der Waals surface area contributed by atoms with Crippen LogP contribution in [0.2, 0.25) is 0 Å². The Kier molecular flexibility index (Phi) is 7.93. The van der Waals surface area contributed by atoms with Gasteiger partial charge in [-0.3, -0.25) is 4.31 Å². The third kappa shape index (κ3) is 5.97. The van der Waals surface area contributed by atoms with Gasteiger partial charge >= 0.3 is 0 Å². The maximum absolute atomic E-state index is 12.6. The number of nitrogens with zero attached hydrogens (tertiary/aromatic N) is 1. The predicted molar refractivity (Wildman–Crippen MR) is 108 cm³/mol. The minimum Gasteiger partial charge on any atom is -0.290 e. The number of benzene rings is 2. The molecule has 0 spiro atoms. The molecule has 3 heteroatoms. The van der Waals surface area contributed by atoms with E-state index >= 15 is 0 Å². The number of para-hydroxylation sites is 1. The molecule has 0 bridgehead atoms. The van der Waals surface area contributed by atoms with E-state index in [-0.39, 0.29) is 0 Å². The van der Waals surface area contributed by atoms with E-state index in [2.05, 4.69) is 27.4 Å². The molecule has 0 aliphatic heterocycles. The molecular formula is C21H29NOS. The van der Waals surface area contributed by atoms with Gasteiger partial charge in [0, 0.05) is 12.6 Å². The maximum atomic E-state index is 12.6. The highest BCUT2D eigenvalue weighted by atomic mass is 32.2. The van der Waals surface area contributed by atoms with Crippen LogP contribution in [-0.2, 0) is 11.0 Å². The number of aryl methyl sites for hydroxylation is 1. The fourth-order valence-electron chi connectivity index (χ4n) is 2.01. The number of hydrogen-bond donors (Lipinski definition) is 0. The highest BCUT2D eigenvalue weighted by Gasteiger charge is 2.14. The standard InChI is InChI=1S/C17H19NOS.C4H10/c1-13(2)16-7-5-6-8-17(16)18(4)20(19)15-11-9-14(3)10-12-15;1-4(2)3/h5-12H,1H2,2-4H3;4H,1-3H3. The Balaban J connectivity index is 0.000000648. The summed E-state index contributed by atoms with van der Waals surface area (Å²) in [4.78, 5) is 0.801. The van der Waals surface area contributed by atoms with Crippen LogP contribution in [0.5, 0.6) is 0 Å². The average Bonchev–Trinajstić information content (AvgIpc) is 2.53. The van der Waals surface area contributed by atoms with Gasteiger partial charge in [-0.05, 0) is 43.5 Å². The summed E-state index contributed by atoms with van der Waals surface area (Å²) in [5, 5.41) is 0. The first kappa shape index (κ1) is 20.2. The SMILES string of the molecule is C=C(C)c1ccccc1N(C)S(=O)c1ccc(C)cc1.CC(C)C. The van der Waals surface area contributed by atoms with Gasteiger partial charge in [-0.1, -0.05) is 63.2 Å². The number of anilines is 1. The van der Waals surface area contributed by atoms with Crippen LogP contribution in [0.4, 0.5) is 5.69 Å². The van der Waals surface area contributed by atoms with E-state index in [1.165, 1.54) is 0 Å². The van der Waals surface area contributed by atoms with Crippen LogP contribution in [-0.4, -0.2) is 11.3 Å². The van der Waals surface area contributed by atoms with Crippen molar-refractivity contribution < 1.29 is 4.21 Å². The largest absolute Gasteiger partial charge is 0.290 e. The number of allylic oxidation sites excluding steroid dienone is 1. The molecule has 2 aromatic carbocycles. The van der Waals surface area contributed by atoms with Crippen molar-refractivity contribution in [3.63, 3.8) is 0 Å². The molecule has 2 aromatic rings. The Morgan fingerprint density at radius 1 is 1.04 bits per heavy atom. The summed E-state index contributed by atoms with van der Waals surface area (Å²) >= 11 is 0. The zero-order valence-corrected chi connectivity index (χ0v) is 16.5. The minimum atomic E-state index is -1.22. The quantitative estimate of drug-likeness (QED) is 0.682. The predicted octanol–water partition coefficient (Wildman–Crippen LogP) is 5.85. The lowest BCUT2D eigenvalue weighted by Crippen LogP contribution is -2.21. The maximum Gasteiger partial charge on any atom is 0.152 e. The monoisotopic (exact) mass is 343 g/mol. The first-order valence-corrected chi connectivity index (χ1v) is 9.32. The molecule has 0 fully saturated rings. The van der Waals surface area contributed by atoms with Crippen molar-refractivity contribution in [2.45, 2.75) is 39.5 Å². The van der Waals surface area contributed by atoms with Gasteiger partial charge in [0.15, 0.2) is 11.0 Å². The normalized spacial score (nSPS) is 11.5. The zero-order valence-electron chi connectivity index (χ0n) is 15.7. The van der Waals surface area contributed by atoms with E-state index in [1.807, 2.05) is 69.4 Å². The second-order valence-corrected chi connectivity index (χ2v) is 8.11. The van der Waals surface area contributed by atoms with E-state index in [0.717, 1.165) is 33.2 Å². The Morgan fingerprint density at radius 2 is 1.54 bits per heavy atom. The molecule has 0 heterocycles. The summed E-state index contributed by atoms with van der Waals surface area (Å²) in [7, 11) is 0.623. The van der Waals surface area contributed by atoms with Crippen LogP contribution in [0, 0.1) is 12.8 Å². The Hall–Kier alpha value is -1.87. The summed E-state index contributed by atoms with van der Waals surface area (Å²) in [6.45, 7) is 14.5. The molecule has 0 saturated heterocycles. The molecule has 0 amide bonds. The molecule has 1 unspecified atom stereocenters. The highest BCUT2D eigenvalue weighted by Crippen LogP contribution is 2.27. The molecule has 2 rings (SSSR count). The van der Waals surface area contributed by atoms with Crippen molar-refractivity contribution in [2.75, 3.05) is 11.4 Å². The summed E-state index contributed by atoms with van der Waals surface area (Å²) in [6.07, 6.45) is 0. The van der Waals surface area contributed by atoms with Crippen LogP contribution in [0.3, 0.4) is 0 Å². The Bertz CT molecular complexity index is 686. The van der Waals surface area contributed by atoms with Crippen LogP contribution in [0.25, 0.3) is 5.57 Å². The molecule has 0 radical (unpaired) electrons. The van der Waals surface area contributed by atoms with Gasteiger partial charge in [-0.15, -0.1) is 0 Å². The smallest absolute Gasteiger partial charge is 0.152 e. The van der Waals surface area contributed by atoms with Crippen LogP contribution < -0.4 is 4.31 Å². The molecule has 0 N–H and O–H groups in total. The number of hydrogen-bond acceptors (Lipinski definition) is 1. The summed E-state index contributed by atoms with van der Waals surface area (Å²) in [6, 6.07) is 15.7. The lowest BCUT2D eigenvalue weighted by molar-refractivity contribution is 0.682. The number of rotatable bonds is 4. The van der Waals surface area contributed by atoms with Gasteiger partial charge < -0.3 is 0 Å². The summed E-state index contributed by atoms with van der Waals surface area (Å²) in [5.74, 6) is 0.833. The molecule has 1 atom stereocenters. The topological polar surface area (TPSA) is 20.3 Å². The van der Waals surface area contributed by atoms with Gasteiger partial charge in [0.2, 0.25) is 0 Å². The fourth-order valence-corrected chi connectivity index (χ4v) is 3.03. The van der Waals surface area contributed by atoms with E-state index in [0.29, 0.717) is 0 Å². The van der Waals surface area contributed by atoms with E-state index in [1.54, 1.807) is 4.31 Å². The zero-order chi connectivity index (χ0) is 18.3. The first-order valence-electron chi connectivity index (χ1n) is 8.21. The molecule has 2 nitrogen and oxygen atoms in total.